The summed E-state index contributed by atoms with van der Waals surface area (Å²) in [5.41, 5.74) is 0. The second kappa shape index (κ2) is 5.52. The molecule has 0 saturated carbocycles. The predicted molar refractivity (Wildman–Crippen MR) is 53.2 cm³/mol. The molecule has 0 spiro atoms. The van der Waals surface area contributed by atoms with Gasteiger partial charge in [0.1, 0.15) is 11.5 Å². The molecular weight excluding hydrogens is 183 g/mol. The van der Waals surface area contributed by atoms with Crippen LogP contribution in [0.4, 0.5) is 0 Å². The summed E-state index contributed by atoms with van der Waals surface area (Å²) in [6.45, 7) is 2.18. The summed E-state index contributed by atoms with van der Waals surface area (Å²) in [4.78, 5) is 0. The zero-order valence-corrected chi connectivity index (χ0v) is 8.27. The quantitative estimate of drug-likeness (QED) is 0.716. The van der Waals surface area contributed by atoms with E-state index in [4.69, 9.17) is 19.1 Å². The molecule has 1 rings (SSSR count). The lowest BCUT2D eigenvalue weighted by Gasteiger charge is -2.08. The Morgan fingerprint density at radius 3 is 2.29 bits per heavy atom. The summed E-state index contributed by atoms with van der Waals surface area (Å²) in [5.74, 6) is 1.27. The number of rotatable bonds is 5. The van der Waals surface area contributed by atoms with Gasteiger partial charge in [0.15, 0.2) is 0 Å². The fraction of sp³-hybridized carbons (Fsp3) is 0.333. The van der Waals surface area contributed by atoms with Crippen LogP contribution in [-0.4, -0.2) is 26.1 Å². The molecule has 0 amide bonds. The Bertz CT molecular complexity index is 262. The minimum absolute atomic E-state index is 0.400. The first-order chi connectivity index (χ1) is 6.76. The Morgan fingerprint density at radius 1 is 1.21 bits per heavy atom. The molecule has 5 heteroatoms. The monoisotopic (exact) mass is 196 g/mol. The van der Waals surface area contributed by atoms with Crippen LogP contribution in [-0.2, 0) is 4.65 Å². The first-order valence-corrected chi connectivity index (χ1v) is 4.36. The van der Waals surface area contributed by atoms with E-state index in [0.717, 1.165) is 5.75 Å². The molecule has 0 atom stereocenters. The molecule has 0 aliphatic carbocycles. The lowest BCUT2D eigenvalue weighted by atomic mass is 10.2. The van der Waals surface area contributed by atoms with Crippen molar-refractivity contribution >= 4 is 7.32 Å². The number of benzene rings is 1. The van der Waals surface area contributed by atoms with Gasteiger partial charge in [0, 0.05) is 6.61 Å². The van der Waals surface area contributed by atoms with E-state index in [1.807, 2.05) is 0 Å². The van der Waals surface area contributed by atoms with Gasteiger partial charge in [-0.15, -0.1) is 0 Å². The first-order valence-electron chi connectivity index (χ1n) is 4.36. The van der Waals surface area contributed by atoms with E-state index < -0.39 is 7.32 Å². The largest absolute Gasteiger partial charge is 0.710 e. The standard InChI is InChI=1S/C9H13BO4/c1-3-13-10(11)14-9-6-4-8(12-2)5-7-9/h4-7,11H,3H2,1-2H3. The predicted octanol–water partition coefficient (Wildman–Crippen LogP) is 1.09. The van der Waals surface area contributed by atoms with Crippen molar-refractivity contribution in [1.82, 2.24) is 0 Å². The van der Waals surface area contributed by atoms with Gasteiger partial charge in [-0.3, -0.25) is 0 Å². The fourth-order valence-corrected chi connectivity index (χ4v) is 0.947. The molecule has 0 saturated heterocycles. The summed E-state index contributed by atoms with van der Waals surface area (Å²) in [6.07, 6.45) is 0. The summed E-state index contributed by atoms with van der Waals surface area (Å²) >= 11 is 0. The van der Waals surface area contributed by atoms with Crippen molar-refractivity contribution in [2.75, 3.05) is 13.7 Å². The Labute approximate surface area is 83.6 Å². The molecule has 0 radical (unpaired) electrons. The van der Waals surface area contributed by atoms with E-state index in [9.17, 15) is 0 Å². The molecule has 0 aliphatic rings. The Kier molecular flexibility index (Phi) is 4.29. The number of hydrogen-bond acceptors (Lipinski definition) is 4. The third-order valence-electron chi connectivity index (χ3n) is 1.61. The molecule has 1 aromatic carbocycles. The number of hydrogen-bond donors (Lipinski definition) is 1. The highest BCUT2D eigenvalue weighted by molar-refractivity contribution is 6.35. The summed E-state index contributed by atoms with van der Waals surface area (Å²) in [6, 6.07) is 6.88. The smallest absolute Gasteiger partial charge is 0.512 e. The Balaban J connectivity index is 2.50. The lowest BCUT2D eigenvalue weighted by Crippen LogP contribution is -2.25. The van der Waals surface area contributed by atoms with Crippen LogP contribution in [0.15, 0.2) is 24.3 Å². The van der Waals surface area contributed by atoms with Crippen LogP contribution < -0.4 is 9.39 Å². The van der Waals surface area contributed by atoms with Gasteiger partial charge in [-0.25, -0.2) is 0 Å². The van der Waals surface area contributed by atoms with Gasteiger partial charge in [-0.2, -0.15) is 0 Å². The molecular formula is C9H13BO4. The molecule has 0 bridgehead atoms. The summed E-state index contributed by atoms with van der Waals surface area (Å²) in [5, 5.41) is 9.15. The summed E-state index contributed by atoms with van der Waals surface area (Å²) < 4.78 is 14.8. The lowest BCUT2D eigenvalue weighted by molar-refractivity contribution is 0.204. The van der Waals surface area contributed by atoms with Crippen LogP contribution >= 0.6 is 0 Å². The van der Waals surface area contributed by atoms with Gasteiger partial charge in [0.2, 0.25) is 0 Å². The van der Waals surface area contributed by atoms with E-state index in [1.54, 1.807) is 38.3 Å². The average Bonchev–Trinajstić information content (AvgIpc) is 2.19. The van der Waals surface area contributed by atoms with E-state index >= 15 is 0 Å². The van der Waals surface area contributed by atoms with Gasteiger partial charge in [0.25, 0.3) is 0 Å². The topological polar surface area (TPSA) is 47.9 Å². The van der Waals surface area contributed by atoms with Crippen molar-refractivity contribution in [2.24, 2.45) is 0 Å². The first kappa shape index (κ1) is 10.9. The number of ether oxygens (including phenoxy) is 1. The van der Waals surface area contributed by atoms with Gasteiger partial charge in [0.05, 0.1) is 7.11 Å². The minimum atomic E-state index is -1.21. The molecule has 0 aromatic heterocycles. The van der Waals surface area contributed by atoms with Crippen LogP contribution in [0, 0.1) is 0 Å². The molecule has 0 aliphatic heterocycles. The van der Waals surface area contributed by atoms with Crippen molar-refractivity contribution in [3.05, 3.63) is 24.3 Å². The molecule has 4 nitrogen and oxygen atoms in total. The maximum Gasteiger partial charge on any atom is 0.710 e. The summed E-state index contributed by atoms with van der Waals surface area (Å²) in [7, 11) is 0.374. The van der Waals surface area contributed by atoms with Crippen LogP contribution in [0.3, 0.4) is 0 Å². The van der Waals surface area contributed by atoms with Crippen molar-refractivity contribution in [1.29, 1.82) is 0 Å². The van der Waals surface area contributed by atoms with E-state index in [-0.39, 0.29) is 0 Å². The Morgan fingerprint density at radius 2 is 1.79 bits per heavy atom. The molecule has 1 N–H and O–H groups in total. The second-order valence-electron chi connectivity index (χ2n) is 2.56. The van der Waals surface area contributed by atoms with Crippen molar-refractivity contribution in [3.8, 4) is 11.5 Å². The van der Waals surface area contributed by atoms with Gasteiger partial charge < -0.3 is 19.1 Å². The Hall–Kier alpha value is -1.20. The zero-order chi connectivity index (χ0) is 10.4. The maximum atomic E-state index is 9.15. The molecule has 14 heavy (non-hydrogen) atoms. The fourth-order valence-electron chi connectivity index (χ4n) is 0.947. The third-order valence-corrected chi connectivity index (χ3v) is 1.61. The van der Waals surface area contributed by atoms with Crippen LogP contribution in [0.5, 0.6) is 11.5 Å². The highest BCUT2D eigenvalue weighted by Crippen LogP contribution is 2.17. The maximum absolute atomic E-state index is 9.15. The van der Waals surface area contributed by atoms with Gasteiger partial charge >= 0.3 is 7.32 Å². The molecule has 0 fully saturated rings. The highest BCUT2D eigenvalue weighted by Gasteiger charge is 2.16. The van der Waals surface area contributed by atoms with Crippen LogP contribution in [0.1, 0.15) is 6.92 Å². The van der Waals surface area contributed by atoms with E-state index in [1.165, 1.54) is 0 Å². The SMILES string of the molecule is CCOB(O)Oc1ccc(OC)cc1. The zero-order valence-electron chi connectivity index (χ0n) is 8.27. The van der Waals surface area contributed by atoms with Crippen LogP contribution in [0.25, 0.3) is 0 Å². The molecule has 1 aromatic rings. The van der Waals surface area contributed by atoms with E-state index in [0.29, 0.717) is 12.4 Å². The van der Waals surface area contributed by atoms with Gasteiger partial charge in [-0.05, 0) is 31.2 Å². The highest BCUT2D eigenvalue weighted by atomic mass is 16.7. The third kappa shape index (κ3) is 3.28. The van der Waals surface area contributed by atoms with Crippen molar-refractivity contribution in [3.63, 3.8) is 0 Å². The van der Waals surface area contributed by atoms with Crippen molar-refractivity contribution < 1.29 is 19.1 Å². The molecule has 76 valence electrons. The molecule has 0 unspecified atom stereocenters. The minimum Gasteiger partial charge on any atom is -0.512 e. The average molecular weight is 196 g/mol. The van der Waals surface area contributed by atoms with Crippen LogP contribution in [0.2, 0.25) is 0 Å². The molecule has 0 heterocycles. The van der Waals surface area contributed by atoms with E-state index in [2.05, 4.69) is 0 Å². The second-order valence-corrected chi connectivity index (χ2v) is 2.56. The normalized spacial score (nSPS) is 9.64. The van der Waals surface area contributed by atoms with Crippen molar-refractivity contribution in [2.45, 2.75) is 6.92 Å². The number of methoxy groups -OCH3 is 1. The van der Waals surface area contributed by atoms with Gasteiger partial charge in [-0.1, -0.05) is 0 Å².